The van der Waals surface area contributed by atoms with Crippen LogP contribution in [-0.4, -0.2) is 6.04 Å². The van der Waals surface area contributed by atoms with E-state index in [9.17, 15) is 0 Å². The molecule has 0 radical (unpaired) electrons. The second kappa shape index (κ2) is 4.26. The number of rotatable bonds is 4. The number of hydrogen-bond acceptors (Lipinski definition) is 1. The van der Waals surface area contributed by atoms with Gasteiger partial charge in [0, 0.05) is 11.7 Å². The number of benzene rings is 1. The van der Waals surface area contributed by atoms with Crippen molar-refractivity contribution in [2.45, 2.75) is 46.1 Å². The Morgan fingerprint density at radius 2 is 2.07 bits per heavy atom. The Labute approximate surface area is 92.9 Å². The molecular formula is C14H21N. The summed E-state index contributed by atoms with van der Waals surface area (Å²) in [6.45, 7) is 6.66. The van der Waals surface area contributed by atoms with Crippen LogP contribution in [0.2, 0.25) is 0 Å². The van der Waals surface area contributed by atoms with Gasteiger partial charge in [0.25, 0.3) is 0 Å². The first-order valence-corrected chi connectivity index (χ1v) is 6.05. The molecule has 1 unspecified atom stereocenters. The molecule has 0 aromatic heterocycles. The average molecular weight is 203 g/mol. The van der Waals surface area contributed by atoms with Crippen molar-refractivity contribution in [3.05, 3.63) is 29.3 Å². The summed E-state index contributed by atoms with van der Waals surface area (Å²) in [5, 5.41) is 3.70. The molecule has 1 aromatic carbocycles. The molecule has 1 N–H and O–H groups in total. The molecule has 1 atom stereocenters. The van der Waals surface area contributed by atoms with E-state index >= 15 is 0 Å². The van der Waals surface area contributed by atoms with E-state index in [1.165, 1.54) is 36.1 Å². The maximum absolute atomic E-state index is 3.70. The first-order valence-electron chi connectivity index (χ1n) is 6.05. The van der Waals surface area contributed by atoms with Crippen LogP contribution in [0.15, 0.2) is 18.2 Å². The second-order valence-electron chi connectivity index (χ2n) is 4.74. The van der Waals surface area contributed by atoms with E-state index in [4.69, 9.17) is 0 Å². The Kier molecular flexibility index (Phi) is 2.99. The fourth-order valence-electron chi connectivity index (χ4n) is 2.16. The summed E-state index contributed by atoms with van der Waals surface area (Å²) >= 11 is 0. The van der Waals surface area contributed by atoms with Gasteiger partial charge in [0.1, 0.15) is 0 Å². The van der Waals surface area contributed by atoms with Gasteiger partial charge in [-0.3, -0.25) is 0 Å². The Morgan fingerprint density at radius 1 is 1.33 bits per heavy atom. The lowest BCUT2D eigenvalue weighted by Crippen LogP contribution is -2.21. The lowest BCUT2D eigenvalue weighted by molar-refractivity contribution is 0.616. The van der Waals surface area contributed by atoms with E-state index in [-0.39, 0.29) is 0 Å². The standard InChI is InChI=1S/C14H21N/c1-4-13(12-8-9-12)15-14-7-5-6-10(2)11(14)3/h5-7,12-13,15H,4,8-9H2,1-3H3. The zero-order chi connectivity index (χ0) is 10.8. The van der Waals surface area contributed by atoms with Crippen LogP contribution in [0.5, 0.6) is 0 Å². The third-order valence-corrected chi connectivity index (χ3v) is 3.58. The van der Waals surface area contributed by atoms with Gasteiger partial charge in [-0.2, -0.15) is 0 Å². The van der Waals surface area contributed by atoms with E-state index in [0.29, 0.717) is 6.04 Å². The van der Waals surface area contributed by atoms with E-state index in [1.807, 2.05) is 0 Å². The number of anilines is 1. The molecule has 15 heavy (non-hydrogen) atoms. The molecule has 1 nitrogen and oxygen atoms in total. The van der Waals surface area contributed by atoms with Crippen LogP contribution in [0.1, 0.15) is 37.3 Å². The number of hydrogen-bond donors (Lipinski definition) is 1. The zero-order valence-corrected chi connectivity index (χ0v) is 10.0. The number of nitrogens with one attached hydrogen (secondary N) is 1. The van der Waals surface area contributed by atoms with Crippen molar-refractivity contribution in [3.8, 4) is 0 Å². The van der Waals surface area contributed by atoms with Crippen molar-refractivity contribution >= 4 is 5.69 Å². The van der Waals surface area contributed by atoms with Gasteiger partial charge in [-0.15, -0.1) is 0 Å². The fraction of sp³-hybridized carbons (Fsp3) is 0.571. The molecule has 2 rings (SSSR count). The zero-order valence-electron chi connectivity index (χ0n) is 10.0. The molecule has 1 aliphatic rings. The van der Waals surface area contributed by atoms with Gasteiger partial charge < -0.3 is 5.32 Å². The monoisotopic (exact) mass is 203 g/mol. The fourth-order valence-corrected chi connectivity index (χ4v) is 2.16. The van der Waals surface area contributed by atoms with E-state index in [0.717, 1.165) is 5.92 Å². The molecule has 0 heterocycles. The maximum Gasteiger partial charge on any atom is 0.0374 e. The molecule has 0 bridgehead atoms. The van der Waals surface area contributed by atoms with Gasteiger partial charge in [0.2, 0.25) is 0 Å². The maximum atomic E-state index is 3.70. The van der Waals surface area contributed by atoms with Gasteiger partial charge in [-0.1, -0.05) is 19.1 Å². The lowest BCUT2D eigenvalue weighted by atomic mass is 10.1. The van der Waals surface area contributed by atoms with Crippen LogP contribution < -0.4 is 5.32 Å². The van der Waals surface area contributed by atoms with Crippen molar-refractivity contribution in [2.24, 2.45) is 5.92 Å². The molecule has 1 saturated carbocycles. The van der Waals surface area contributed by atoms with Gasteiger partial charge in [-0.25, -0.2) is 0 Å². The van der Waals surface area contributed by atoms with Crippen LogP contribution in [-0.2, 0) is 0 Å². The predicted octanol–water partition coefficient (Wildman–Crippen LogP) is 3.90. The molecule has 0 spiro atoms. The van der Waals surface area contributed by atoms with Crippen molar-refractivity contribution < 1.29 is 0 Å². The molecule has 82 valence electrons. The molecule has 1 aliphatic carbocycles. The highest BCUT2D eigenvalue weighted by Crippen LogP contribution is 2.36. The topological polar surface area (TPSA) is 12.0 Å². The third-order valence-electron chi connectivity index (χ3n) is 3.58. The van der Waals surface area contributed by atoms with Crippen LogP contribution >= 0.6 is 0 Å². The summed E-state index contributed by atoms with van der Waals surface area (Å²) in [4.78, 5) is 0. The molecule has 1 aromatic rings. The minimum atomic E-state index is 0.686. The summed E-state index contributed by atoms with van der Waals surface area (Å²) in [6.07, 6.45) is 4.06. The molecule has 0 saturated heterocycles. The minimum absolute atomic E-state index is 0.686. The van der Waals surface area contributed by atoms with Crippen LogP contribution in [0.4, 0.5) is 5.69 Å². The average Bonchev–Trinajstić information content (AvgIpc) is 3.04. The highest BCUT2D eigenvalue weighted by molar-refractivity contribution is 5.54. The summed E-state index contributed by atoms with van der Waals surface area (Å²) in [5.41, 5.74) is 4.11. The minimum Gasteiger partial charge on any atom is -0.382 e. The molecule has 0 amide bonds. The van der Waals surface area contributed by atoms with Gasteiger partial charge >= 0.3 is 0 Å². The van der Waals surface area contributed by atoms with E-state index in [1.54, 1.807) is 0 Å². The van der Waals surface area contributed by atoms with Crippen molar-refractivity contribution in [2.75, 3.05) is 5.32 Å². The first kappa shape index (κ1) is 10.5. The predicted molar refractivity (Wildman–Crippen MR) is 66.3 cm³/mol. The highest BCUT2D eigenvalue weighted by atomic mass is 14.9. The molecule has 0 aliphatic heterocycles. The van der Waals surface area contributed by atoms with Gasteiger partial charge in [0.15, 0.2) is 0 Å². The Balaban J connectivity index is 2.11. The van der Waals surface area contributed by atoms with Crippen LogP contribution in [0.3, 0.4) is 0 Å². The summed E-state index contributed by atoms with van der Waals surface area (Å²) in [7, 11) is 0. The smallest absolute Gasteiger partial charge is 0.0374 e. The SMILES string of the molecule is CCC(Nc1cccc(C)c1C)C1CC1. The third kappa shape index (κ3) is 2.34. The largest absolute Gasteiger partial charge is 0.382 e. The quantitative estimate of drug-likeness (QED) is 0.782. The summed E-state index contributed by atoms with van der Waals surface area (Å²) < 4.78 is 0. The molecular weight excluding hydrogens is 182 g/mol. The summed E-state index contributed by atoms with van der Waals surface area (Å²) in [5.74, 6) is 0.926. The Bertz CT molecular complexity index is 339. The Hall–Kier alpha value is -0.980. The van der Waals surface area contributed by atoms with Gasteiger partial charge in [-0.05, 0) is 56.2 Å². The molecule has 1 heteroatoms. The van der Waals surface area contributed by atoms with E-state index in [2.05, 4.69) is 44.3 Å². The van der Waals surface area contributed by atoms with Gasteiger partial charge in [0.05, 0.1) is 0 Å². The van der Waals surface area contributed by atoms with Crippen molar-refractivity contribution in [1.82, 2.24) is 0 Å². The number of aryl methyl sites for hydroxylation is 1. The second-order valence-corrected chi connectivity index (χ2v) is 4.74. The van der Waals surface area contributed by atoms with Crippen molar-refractivity contribution in [3.63, 3.8) is 0 Å². The van der Waals surface area contributed by atoms with Crippen LogP contribution in [0.25, 0.3) is 0 Å². The van der Waals surface area contributed by atoms with E-state index < -0.39 is 0 Å². The van der Waals surface area contributed by atoms with Crippen LogP contribution in [0, 0.1) is 19.8 Å². The Morgan fingerprint density at radius 3 is 2.67 bits per heavy atom. The van der Waals surface area contributed by atoms with Crippen molar-refractivity contribution in [1.29, 1.82) is 0 Å². The summed E-state index contributed by atoms with van der Waals surface area (Å²) in [6, 6.07) is 7.21. The molecule has 1 fully saturated rings. The lowest BCUT2D eigenvalue weighted by Gasteiger charge is -2.20. The normalized spacial score (nSPS) is 17.5. The highest BCUT2D eigenvalue weighted by Gasteiger charge is 2.29. The first-order chi connectivity index (χ1) is 7.22.